The minimum Gasteiger partial charge on any atom is -0.325 e. The van der Waals surface area contributed by atoms with Gasteiger partial charge < -0.3 is 5.32 Å². The average molecular weight is 309 g/mol. The molecule has 0 saturated carbocycles. The SMILES string of the molecule is CCc1nc(CC(=O)Nc2c(C)cc(Cl)cc2C)cs1. The van der Waals surface area contributed by atoms with Gasteiger partial charge in [-0.3, -0.25) is 4.79 Å². The number of anilines is 1. The molecule has 2 aromatic rings. The normalized spacial score (nSPS) is 10.6. The minimum absolute atomic E-state index is 0.0496. The summed E-state index contributed by atoms with van der Waals surface area (Å²) < 4.78 is 0. The molecular weight excluding hydrogens is 292 g/mol. The first-order valence-corrected chi connectivity index (χ1v) is 7.75. The Morgan fingerprint density at radius 1 is 1.35 bits per heavy atom. The fourth-order valence-corrected chi connectivity index (χ4v) is 3.12. The van der Waals surface area contributed by atoms with E-state index in [2.05, 4.69) is 17.2 Å². The Kier molecular flexibility index (Phi) is 4.78. The summed E-state index contributed by atoms with van der Waals surface area (Å²) >= 11 is 7.58. The van der Waals surface area contributed by atoms with Crippen molar-refractivity contribution in [2.75, 3.05) is 5.32 Å². The Labute approximate surface area is 128 Å². The highest BCUT2D eigenvalue weighted by atomic mass is 35.5. The molecular formula is C15H17ClN2OS. The number of nitrogens with zero attached hydrogens (tertiary/aromatic N) is 1. The van der Waals surface area contributed by atoms with E-state index in [1.807, 2.05) is 31.4 Å². The lowest BCUT2D eigenvalue weighted by Crippen LogP contribution is -2.16. The van der Waals surface area contributed by atoms with Gasteiger partial charge in [-0.15, -0.1) is 11.3 Å². The van der Waals surface area contributed by atoms with Crippen LogP contribution in [0.25, 0.3) is 0 Å². The summed E-state index contributed by atoms with van der Waals surface area (Å²) in [6.45, 7) is 5.93. The van der Waals surface area contributed by atoms with Crippen molar-refractivity contribution in [1.82, 2.24) is 4.98 Å². The average Bonchev–Trinajstić information content (AvgIpc) is 2.81. The zero-order valence-electron chi connectivity index (χ0n) is 11.8. The predicted octanol–water partition coefficient (Wildman–Crippen LogP) is 4.16. The predicted molar refractivity (Wildman–Crippen MR) is 84.8 cm³/mol. The molecule has 0 bridgehead atoms. The lowest BCUT2D eigenvalue weighted by atomic mass is 10.1. The van der Waals surface area contributed by atoms with Crippen molar-refractivity contribution in [2.24, 2.45) is 0 Å². The van der Waals surface area contributed by atoms with Crippen LogP contribution in [-0.4, -0.2) is 10.9 Å². The molecule has 1 amide bonds. The monoisotopic (exact) mass is 308 g/mol. The Balaban J connectivity index is 2.08. The highest BCUT2D eigenvalue weighted by Crippen LogP contribution is 2.25. The van der Waals surface area contributed by atoms with Crippen LogP contribution in [0.15, 0.2) is 17.5 Å². The second-order valence-corrected chi connectivity index (χ2v) is 6.10. The molecule has 5 heteroatoms. The van der Waals surface area contributed by atoms with E-state index in [1.165, 1.54) is 0 Å². The van der Waals surface area contributed by atoms with Crippen molar-refractivity contribution in [3.63, 3.8) is 0 Å². The van der Waals surface area contributed by atoms with E-state index in [1.54, 1.807) is 11.3 Å². The van der Waals surface area contributed by atoms with Gasteiger partial charge in [-0.25, -0.2) is 4.98 Å². The third kappa shape index (κ3) is 3.58. The van der Waals surface area contributed by atoms with Crippen LogP contribution in [0.5, 0.6) is 0 Å². The zero-order valence-corrected chi connectivity index (χ0v) is 13.4. The summed E-state index contributed by atoms with van der Waals surface area (Å²) in [7, 11) is 0. The van der Waals surface area contributed by atoms with Crippen LogP contribution in [0.1, 0.15) is 28.8 Å². The minimum atomic E-state index is -0.0496. The maximum absolute atomic E-state index is 12.1. The molecule has 0 fully saturated rings. The van der Waals surface area contributed by atoms with Gasteiger partial charge in [0.15, 0.2) is 0 Å². The maximum Gasteiger partial charge on any atom is 0.230 e. The Morgan fingerprint density at radius 2 is 2.00 bits per heavy atom. The van der Waals surface area contributed by atoms with Crippen molar-refractivity contribution >= 4 is 34.5 Å². The Morgan fingerprint density at radius 3 is 2.55 bits per heavy atom. The first-order valence-electron chi connectivity index (χ1n) is 6.49. The lowest BCUT2D eigenvalue weighted by Gasteiger charge is -2.11. The number of halogens is 1. The number of benzene rings is 1. The number of amides is 1. The van der Waals surface area contributed by atoms with Crippen LogP contribution < -0.4 is 5.32 Å². The van der Waals surface area contributed by atoms with E-state index in [0.717, 1.165) is 33.9 Å². The highest BCUT2D eigenvalue weighted by molar-refractivity contribution is 7.09. The second-order valence-electron chi connectivity index (χ2n) is 4.73. The number of carbonyl (C=O) groups excluding carboxylic acids is 1. The van der Waals surface area contributed by atoms with Crippen LogP contribution in [0.2, 0.25) is 5.02 Å². The van der Waals surface area contributed by atoms with Crippen LogP contribution >= 0.6 is 22.9 Å². The van der Waals surface area contributed by atoms with E-state index in [4.69, 9.17) is 11.6 Å². The Hall–Kier alpha value is -1.39. The molecule has 1 aromatic heterocycles. The molecule has 20 heavy (non-hydrogen) atoms. The quantitative estimate of drug-likeness (QED) is 0.921. The molecule has 1 heterocycles. The van der Waals surface area contributed by atoms with Crippen LogP contribution in [-0.2, 0) is 17.6 Å². The lowest BCUT2D eigenvalue weighted by molar-refractivity contribution is -0.115. The van der Waals surface area contributed by atoms with Crippen LogP contribution in [0.3, 0.4) is 0 Å². The molecule has 0 unspecified atom stereocenters. The number of nitrogens with one attached hydrogen (secondary N) is 1. The van der Waals surface area contributed by atoms with Crippen molar-refractivity contribution < 1.29 is 4.79 Å². The number of hydrogen-bond donors (Lipinski definition) is 1. The molecule has 0 aliphatic heterocycles. The molecule has 0 atom stereocenters. The molecule has 0 aliphatic rings. The van der Waals surface area contributed by atoms with E-state index >= 15 is 0 Å². The summed E-state index contributed by atoms with van der Waals surface area (Å²) in [5.74, 6) is -0.0496. The number of thiazole rings is 1. The van der Waals surface area contributed by atoms with Crippen LogP contribution in [0.4, 0.5) is 5.69 Å². The Bertz CT molecular complexity index is 614. The molecule has 1 aromatic carbocycles. The van der Waals surface area contributed by atoms with Gasteiger partial charge in [-0.1, -0.05) is 18.5 Å². The molecule has 0 radical (unpaired) electrons. The number of aromatic nitrogens is 1. The fourth-order valence-electron chi connectivity index (χ4n) is 2.05. The largest absolute Gasteiger partial charge is 0.325 e. The molecule has 3 nitrogen and oxygen atoms in total. The summed E-state index contributed by atoms with van der Waals surface area (Å²) in [6, 6.07) is 3.70. The first kappa shape index (κ1) is 15.0. The van der Waals surface area contributed by atoms with Crippen molar-refractivity contribution in [1.29, 1.82) is 0 Å². The van der Waals surface area contributed by atoms with E-state index in [-0.39, 0.29) is 5.91 Å². The fraction of sp³-hybridized carbons (Fsp3) is 0.333. The number of hydrogen-bond acceptors (Lipinski definition) is 3. The topological polar surface area (TPSA) is 42.0 Å². The van der Waals surface area contributed by atoms with Gasteiger partial charge in [0.2, 0.25) is 5.91 Å². The molecule has 1 N–H and O–H groups in total. The maximum atomic E-state index is 12.1. The molecule has 106 valence electrons. The van der Waals surface area contributed by atoms with Crippen molar-refractivity contribution in [3.8, 4) is 0 Å². The number of carbonyl (C=O) groups is 1. The summed E-state index contributed by atoms with van der Waals surface area (Å²) in [6.07, 6.45) is 1.21. The third-order valence-corrected chi connectivity index (χ3v) is 4.27. The van der Waals surface area contributed by atoms with Gasteiger partial charge in [0.05, 0.1) is 17.1 Å². The van der Waals surface area contributed by atoms with Gasteiger partial charge in [-0.2, -0.15) is 0 Å². The first-order chi connectivity index (χ1) is 9.49. The van der Waals surface area contributed by atoms with Crippen molar-refractivity contribution in [2.45, 2.75) is 33.6 Å². The zero-order chi connectivity index (χ0) is 14.7. The molecule has 0 saturated heterocycles. The van der Waals surface area contributed by atoms with Gasteiger partial charge >= 0.3 is 0 Å². The third-order valence-electron chi connectivity index (χ3n) is 3.01. The second kappa shape index (κ2) is 6.37. The van der Waals surface area contributed by atoms with E-state index in [9.17, 15) is 4.79 Å². The van der Waals surface area contributed by atoms with Gasteiger partial charge in [0.25, 0.3) is 0 Å². The van der Waals surface area contributed by atoms with E-state index in [0.29, 0.717) is 11.4 Å². The van der Waals surface area contributed by atoms with Crippen LogP contribution in [0, 0.1) is 13.8 Å². The standard InChI is InChI=1S/C15H17ClN2OS/c1-4-14-17-12(8-20-14)7-13(19)18-15-9(2)5-11(16)6-10(15)3/h5-6,8H,4,7H2,1-3H3,(H,18,19). The van der Waals surface area contributed by atoms with Gasteiger partial charge in [-0.05, 0) is 43.5 Å². The van der Waals surface area contributed by atoms with Gasteiger partial charge in [0.1, 0.15) is 0 Å². The molecule has 2 rings (SSSR count). The molecule has 0 aliphatic carbocycles. The number of rotatable bonds is 4. The van der Waals surface area contributed by atoms with Gasteiger partial charge in [0, 0.05) is 16.1 Å². The van der Waals surface area contributed by atoms with Crippen molar-refractivity contribution in [3.05, 3.63) is 44.4 Å². The number of aryl methyl sites for hydroxylation is 3. The van der Waals surface area contributed by atoms with E-state index < -0.39 is 0 Å². The summed E-state index contributed by atoms with van der Waals surface area (Å²) in [5.41, 5.74) is 3.60. The summed E-state index contributed by atoms with van der Waals surface area (Å²) in [4.78, 5) is 16.5. The highest BCUT2D eigenvalue weighted by Gasteiger charge is 2.11. The molecule has 0 spiro atoms. The smallest absolute Gasteiger partial charge is 0.230 e. The summed E-state index contributed by atoms with van der Waals surface area (Å²) in [5, 5.41) is 6.64.